The number of nitrogens with zero attached hydrogens (tertiary/aromatic N) is 1. The zero-order valence-corrected chi connectivity index (χ0v) is 12.4. The maximum atomic E-state index is 12.9. The number of halogens is 2. The summed E-state index contributed by atoms with van der Waals surface area (Å²) in [5, 5.41) is 2.49. The molecule has 24 heavy (non-hydrogen) atoms. The van der Waals surface area contributed by atoms with Gasteiger partial charge in [-0.2, -0.15) is 0 Å². The summed E-state index contributed by atoms with van der Waals surface area (Å²) in [6.45, 7) is -0.246. The number of hydrogen-bond acceptors (Lipinski definition) is 5. The maximum absolute atomic E-state index is 12.9. The second-order valence-electron chi connectivity index (χ2n) is 5.02. The van der Waals surface area contributed by atoms with Crippen molar-refractivity contribution >= 4 is 17.5 Å². The van der Waals surface area contributed by atoms with E-state index in [1.165, 1.54) is 37.6 Å². The topological polar surface area (TPSA) is 81.0 Å². The van der Waals surface area contributed by atoms with Crippen molar-refractivity contribution in [1.29, 1.82) is 0 Å². The number of carbonyl (C=O) groups is 2. The fourth-order valence-corrected chi connectivity index (χ4v) is 2.10. The fraction of sp³-hybridized carbons (Fsp3) is 0.200. The van der Waals surface area contributed by atoms with Crippen molar-refractivity contribution in [2.24, 2.45) is 0 Å². The number of hydrogen-bond donors (Lipinski definition) is 1. The molecule has 0 atom stereocenters. The van der Waals surface area contributed by atoms with Gasteiger partial charge in [0.05, 0.1) is 12.8 Å². The van der Waals surface area contributed by atoms with Gasteiger partial charge in [0.2, 0.25) is 5.91 Å². The molecule has 2 amide bonds. The quantitative estimate of drug-likeness (QED) is 0.925. The van der Waals surface area contributed by atoms with E-state index in [0.29, 0.717) is 0 Å². The highest BCUT2D eigenvalue weighted by Gasteiger charge is 2.43. The molecule has 1 N–H and O–H groups in total. The van der Waals surface area contributed by atoms with Gasteiger partial charge in [0.1, 0.15) is 0 Å². The van der Waals surface area contributed by atoms with Gasteiger partial charge in [-0.25, -0.2) is 0 Å². The zero-order valence-electron chi connectivity index (χ0n) is 12.4. The van der Waals surface area contributed by atoms with Crippen LogP contribution in [0.5, 0.6) is 11.5 Å². The number of rotatable bonds is 4. The Balaban J connectivity index is 1.61. The Labute approximate surface area is 134 Å². The average Bonchev–Trinajstić information content (AvgIpc) is 3.11. The maximum Gasteiger partial charge on any atom is 0.586 e. The van der Waals surface area contributed by atoms with E-state index in [-0.39, 0.29) is 29.5 Å². The van der Waals surface area contributed by atoms with Crippen molar-refractivity contribution in [3.8, 4) is 11.5 Å². The Kier molecular flexibility index (Phi) is 3.84. The SMILES string of the molecule is CN(CC(=O)Nc1ccc2c(c1)OC(F)(F)O2)C(=O)c1ccco1. The fourth-order valence-electron chi connectivity index (χ4n) is 2.10. The lowest BCUT2D eigenvalue weighted by atomic mass is 10.2. The van der Waals surface area contributed by atoms with Crippen molar-refractivity contribution in [2.75, 3.05) is 18.9 Å². The Morgan fingerprint density at radius 1 is 1.21 bits per heavy atom. The summed E-state index contributed by atoms with van der Waals surface area (Å²) < 4.78 is 39.4. The molecule has 0 saturated heterocycles. The lowest BCUT2D eigenvalue weighted by Gasteiger charge is -2.15. The molecule has 0 unspecified atom stereocenters. The first-order valence-electron chi connectivity index (χ1n) is 6.83. The van der Waals surface area contributed by atoms with Crippen LogP contribution in [-0.2, 0) is 4.79 Å². The van der Waals surface area contributed by atoms with Crippen LogP contribution in [0.3, 0.4) is 0 Å². The highest BCUT2D eigenvalue weighted by atomic mass is 19.3. The molecule has 1 aromatic heterocycles. The molecule has 7 nitrogen and oxygen atoms in total. The highest BCUT2D eigenvalue weighted by Crippen LogP contribution is 2.42. The van der Waals surface area contributed by atoms with Gasteiger partial charge in [-0.3, -0.25) is 9.59 Å². The number of anilines is 1. The summed E-state index contributed by atoms with van der Waals surface area (Å²) >= 11 is 0. The van der Waals surface area contributed by atoms with Gasteiger partial charge in [-0.15, -0.1) is 8.78 Å². The van der Waals surface area contributed by atoms with Crippen LogP contribution >= 0.6 is 0 Å². The first-order valence-corrected chi connectivity index (χ1v) is 6.83. The Morgan fingerprint density at radius 2 is 1.96 bits per heavy atom. The number of likely N-dealkylation sites (N-methyl/N-ethyl adjacent to an activating group) is 1. The molecular weight excluding hydrogens is 326 g/mol. The van der Waals surface area contributed by atoms with Crippen LogP contribution in [-0.4, -0.2) is 36.6 Å². The van der Waals surface area contributed by atoms with Gasteiger partial charge in [0, 0.05) is 18.8 Å². The van der Waals surface area contributed by atoms with Crippen LogP contribution in [0, 0.1) is 0 Å². The summed E-state index contributed by atoms with van der Waals surface area (Å²) in [5.74, 6) is -1.17. The molecular formula is C15H12F2N2O5. The monoisotopic (exact) mass is 338 g/mol. The molecule has 0 spiro atoms. The molecule has 9 heteroatoms. The molecule has 0 bridgehead atoms. The third-order valence-corrected chi connectivity index (χ3v) is 3.14. The minimum Gasteiger partial charge on any atom is -0.459 e. The van der Waals surface area contributed by atoms with E-state index in [1.54, 1.807) is 6.07 Å². The van der Waals surface area contributed by atoms with Crippen LogP contribution in [0.25, 0.3) is 0 Å². The zero-order chi connectivity index (χ0) is 17.3. The van der Waals surface area contributed by atoms with Crippen molar-refractivity contribution in [3.05, 3.63) is 42.4 Å². The lowest BCUT2D eigenvalue weighted by Crippen LogP contribution is -2.34. The first-order chi connectivity index (χ1) is 11.3. The van der Waals surface area contributed by atoms with Gasteiger partial charge in [0.15, 0.2) is 17.3 Å². The second-order valence-corrected chi connectivity index (χ2v) is 5.02. The summed E-state index contributed by atoms with van der Waals surface area (Å²) in [7, 11) is 1.44. The first kappa shape index (κ1) is 15.8. The van der Waals surface area contributed by atoms with Crippen LogP contribution in [0.4, 0.5) is 14.5 Å². The smallest absolute Gasteiger partial charge is 0.459 e. The number of nitrogens with one attached hydrogen (secondary N) is 1. The van der Waals surface area contributed by atoms with Crippen molar-refractivity contribution in [2.45, 2.75) is 6.29 Å². The predicted molar refractivity (Wildman–Crippen MR) is 76.9 cm³/mol. The number of furan rings is 1. The normalized spacial score (nSPS) is 14.3. The second kappa shape index (κ2) is 5.84. The summed E-state index contributed by atoms with van der Waals surface area (Å²) in [5.41, 5.74) is 0.235. The molecule has 1 aliphatic heterocycles. The number of benzene rings is 1. The van der Waals surface area contributed by atoms with Crippen molar-refractivity contribution < 1.29 is 32.3 Å². The third-order valence-electron chi connectivity index (χ3n) is 3.14. The predicted octanol–water partition coefficient (Wildman–Crippen LogP) is 2.31. The number of fused-ring (bicyclic) bond motifs is 1. The van der Waals surface area contributed by atoms with Crippen LogP contribution in [0.1, 0.15) is 10.6 Å². The molecule has 1 aromatic carbocycles. The van der Waals surface area contributed by atoms with Crippen LogP contribution in [0.15, 0.2) is 41.0 Å². The molecule has 0 saturated carbocycles. The van der Waals surface area contributed by atoms with Gasteiger partial charge in [0.25, 0.3) is 5.91 Å². The summed E-state index contributed by atoms with van der Waals surface area (Å²) in [6, 6.07) is 6.89. The summed E-state index contributed by atoms with van der Waals surface area (Å²) in [4.78, 5) is 25.1. The van der Waals surface area contributed by atoms with Gasteiger partial charge in [-0.1, -0.05) is 0 Å². The average molecular weight is 338 g/mol. The minimum atomic E-state index is -3.72. The standard InChI is InChI=1S/C15H12F2N2O5/c1-19(14(21)11-3-2-6-22-11)8-13(20)18-9-4-5-10-12(7-9)24-15(16,17)23-10/h2-7H,8H2,1H3,(H,18,20). The Morgan fingerprint density at radius 3 is 2.67 bits per heavy atom. The number of alkyl halides is 2. The van der Waals surface area contributed by atoms with Crippen molar-refractivity contribution in [1.82, 2.24) is 4.90 Å². The minimum absolute atomic E-state index is 0.107. The van der Waals surface area contributed by atoms with Gasteiger partial charge >= 0.3 is 6.29 Å². The van der Waals surface area contributed by atoms with E-state index < -0.39 is 18.1 Å². The van der Waals surface area contributed by atoms with E-state index in [9.17, 15) is 18.4 Å². The number of carbonyl (C=O) groups excluding carboxylic acids is 2. The molecule has 0 radical (unpaired) electrons. The number of amides is 2. The molecule has 0 aliphatic carbocycles. The van der Waals surface area contributed by atoms with E-state index in [4.69, 9.17) is 4.42 Å². The molecule has 2 heterocycles. The van der Waals surface area contributed by atoms with E-state index in [1.807, 2.05) is 0 Å². The van der Waals surface area contributed by atoms with Gasteiger partial charge in [-0.05, 0) is 24.3 Å². The highest BCUT2D eigenvalue weighted by molar-refractivity contribution is 5.98. The Hall–Kier alpha value is -3.10. The largest absolute Gasteiger partial charge is 0.586 e. The molecule has 3 rings (SSSR count). The van der Waals surface area contributed by atoms with E-state index in [2.05, 4.69) is 14.8 Å². The third kappa shape index (κ3) is 3.29. The van der Waals surface area contributed by atoms with Crippen LogP contribution in [0.2, 0.25) is 0 Å². The van der Waals surface area contributed by atoms with Crippen LogP contribution < -0.4 is 14.8 Å². The molecule has 0 fully saturated rings. The molecule has 2 aromatic rings. The summed E-state index contributed by atoms with van der Waals surface area (Å²) in [6.07, 6.45) is -2.37. The van der Waals surface area contributed by atoms with E-state index >= 15 is 0 Å². The molecule has 126 valence electrons. The number of ether oxygens (including phenoxy) is 2. The van der Waals surface area contributed by atoms with Crippen molar-refractivity contribution in [3.63, 3.8) is 0 Å². The Bertz CT molecular complexity index is 776. The van der Waals surface area contributed by atoms with E-state index in [0.717, 1.165) is 4.90 Å². The lowest BCUT2D eigenvalue weighted by molar-refractivity contribution is -0.286. The molecule has 1 aliphatic rings. The van der Waals surface area contributed by atoms with Gasteiger partial charge < -0.3 is 24.1 Å².